The number of amides is 2. The topological polar surface area (TPSA) is 89.3 Å². The Morgan fingerprint density at radius 3 is 2.61 bits per heavy atom. The maximum absolute atomic E-state index is 13.3. The molecule has 4 heterocycles. The van der Waals surface area contributed by atoms with Crippen LogP contribution in [0.2, 0.25) is 0 Å². The molecule has 0 spiro atoms. The molecule has 0 radical (unpaired) electrons. The van der Waals surface area contributed by atoms with Gasteiger partial charge in [0, 0.05) is 30.1 Å². The molecule has 3 aromatic rings. The summed E-state index contributed by atoms with van der Waals surface area (Å²) < 4.78 is 6.64. The highest BCUT2D eigenvalue weighted by molar-refractivity contribution is 7.15. The van der Waals surface area contributed by atoms with Crippen molar-refractivity contribution in [1.82, 2.24) is 25.0 Å². The molecule has 2 amide bonds. The lowest BCUT2D eigenvalue weighted by atomic mass is 10.0. The molecule has 1 aliphatic heterocycles. The number of hydrogen-bond donors (Lipinski definition) is 1. The molecule has 1 saturated heterocycles. The second-order valence-electron chi connectivity index (χ2n) is 8.09. The number of ether oxygens (including phenoxy) is 1. The average molecular weight is 442 g/mol. The lowest BCUT2D eigenvalue weighted by molar-refractivity contribution is 0.0893. The van der Waals surface area contributed by atoms with Crippen LogP contribution >= 0.6 is 11.3 Å². The number of aromatic nitrogens is 3. The van der Waals surface area contributed by atoms with E-state index >= 15 is 0 Å². The lowest BCUT2D eigenvalue weighted by Gasteiger charge is -2.31. The summed E-state index contributed by atoms with van der Waals surface area (Å²) in [5.74, 6) is -0.137. The summed E-state index contributed by atoms with van der Waals surface area (Å²) in [6.45, 7) is 7.28. The van der Waals surface area contributed by atoms with Gasteiger partial charge in [0.1, 0.15) is 0 Å². The molecule has 1 fully saturated rings. The van der Waals surface area contributed by atoms with Crippen LogP contribution in [0.15, 0.2) is 24.4 Å². The maximum Gasteiger partial charge on any atom is 0.409 e. The minimum Gasteiger partial charge on any atom is -0.453 e. The van der Waals surface area contributed by atoms with Crippen LogP contribution < -0.4 is 5.32 Å². The second kappa shape index (κ2) is 8.66. The monoisotopic (exact) mass is 441 g/mol. The number of piperidine rings is 1. The molecule has 164 valence electrons. The summed E-state index contributed by atoms with van der Waals surface area (Å²) >= 11 is 1.65. The SMILES string of the molecule is COC(=O)N1CCC(NC(=O)c2cc(-c3ccc(C)s3)nc3c2cnn3C(C)C)CC1. The van der Waals surface area contributed by atoms with Crippen LogP contribution in [-0.2, 0) is 4.74 Å². The fourth-order valence-corrected chi connectivity index (χ4v) is 4.71. The number of carbonyl (C=O) groups is 2. The third-order valence-electron chi connectivity index (χ3n) is 5.56. The van der Waals surface area contributed by atoms with Crippen molar-refractivity contribution in [2.24, 2.45) is 0 Å². The number of pyridine rings is 1. The highest BCUT2D eigenvalue weighted by atomic mass is 32.1. The quantitative estimate of drug-likeness (QED) is 0.661. The first-order valence-electron chi connectivity index (χ1n) is 10.5. The molecule has 3 aromatic heterocycles. The van der Waals surface area contributed by atoms with Gasteiger partial charge in [-0.15, -0.1) is 11.3 Å². The van der Waals surface area contributed by atoms with E-state index in [0.717, 1.165) is 16.0 Å². The summed E-state index contributed by atoms with van der Waals surface area (Å²) in [5, 5.41) is 8.38. The third-order valence-corrected chi connectivity index (χ3v) is 6.58. The number of carbonyl (C=O) groups excluding carboxylic acids is 2. The van der Waals surface area contributed by atoms with Crippen molar-refractivity contribution in [2.45, 2.75) is 45.7 Å². The number of aryl methyl sites for hydroxylation is 1. The number of fused-ring (bicyclic) bond motifs is 1. The van der Waals surface area contributed by atoms with Gasteiger partial charge in [-0.05, 0) is 51.8 Å². The zero-order valence-corrected chi connectivity index (χ0v) is 19.0. The Morgan fingerprint density at radius 1 is 1.26 bits per heavy atom. The third kappa shape index (κ3) is 4.27. The maximum atomic E-state index is 13.3. The number of nitrogens with one attached hydrogen (secondary N) is 1. The number of nitrogens with zero attached hydrogens (tertiary/aromatic N) is 4. The van der Waals surface area contributed by atoms with Gasteiger partial charge >= 0.3 is 6.09 Å². The van der Waals surface area contributed by atoms with Gasteiger partial charge in [-0.1, -0.05) is 0 Å². The first-order chi connectivity index (χ1) is 14.9. The van der Waals surface area contributed by atoms with Gasteiger partial charge in [-0.25, -0.2) is 14.5 Å². The van der Waals surface area contributed by atoms with Gasteiger partial charge in [0.25, 0.3) is 5.91 Å². The van der Waals surface area contributed by atoms with E-state index < -0.39 is 0 Å². The van der Waals surface area contributed by atoms with Crippen molar-refractivity contribution in [3.63, 3.8) is 0 Å². The van der Waals surface area contributed by atoms with Crippen molar-refractivity contribution in [3.05, 3.63) is 34.8 Å². The fraction of sp³-hybridized carbons (Fsp3) is 0.455. The minimum absolute atomic E-state index is 0.00389. The number of thiophene rings is 1. The Hall–Kier alpha value is -2.94. The number of hydrogen-bond acceptors (Lipinski definition) is 6. The van der Waals surface area contributed by atoms with Crippen LogP contribution in [-0.4, -0.2) is 57.9 Å². The fourth-order valence-electron chi connectivity index (χ4n) is 3.88. The van der Waals surface area contributed by atoms with Crippen molar-refractivity contribution in [3.8, 4) is 10.6 Å². The summed E-state index contributed by atoms with van der Waals surface area (Å²) in [7, 11) is 1.38. The highest BCUT2D eigenvalue weighted by Crippen LogP contribution is 2.30. The van der Waals surface area contributed by atoms with E-state index in [0.29, 0.717) is 37.1 Å². The largest absolute Gasteiger partial charge is 0.453 e. The molecule has 31 heavy (non-hydrogen) atoms. The molecule has 1 aliphatic rings. The van der Waals surface area contributed by atoms with Crippen molar-refractivity contribution in [1.29, 1.82) is 0 Å². The summed E-state index contributed by atoms with van der Waals surface area (Å²) in [6, 6.07) is 6.08. The number of rotatable bonds is 4. The number of likely N-dealkylation sites (tertiary alicyclic amines) is 1. The van der Waals surface area contributed by atoms with E-state index in [1.54, 1.807) is 22.4 Å². The Kier molecular flexibility index (Phi) is 5.95. The van der Waals surface area contributed by atoms with Gasteiger partial charge in [0.15, 0.2) is 5.65 Å². The molecular weight excluding hydrogens is 414 g/mol. The Labute approximate surface area is 185 Å². The summed E-state index contributed by atoms with van der Waals surface area (Å²) in [5.41, 5.74) is 2.07. The molecule has 0 saturated carbocycles. The van der Waals surface area contributed by atoms with Gasteiger partial charge in [-0.2, -0.15) is 5.10 Å². The Balaban J connectivity index is 1.63. The lowest BCUT2D eigenvalue weighted by Crippen LogP contribution is -2.46. The molecule has 0 aromatic carbocycles. The van der Waals surface area contributed by atoms with Gasteiger partial charge < -0.3 is 15.0 Å². The van der Waals surface area contributed by atoms with Gasteiger partial charge in [0.2, 0.25) is 0 Å². The minimum atomic E-state index is -0.322. The molecule has 0 unspecified atom stereocenters. The van der Waals surface area contributed by atoms with Crippen LogP contribution in [0.1, 0.15) is 48.0 Å². The molecule has 8 nitrogen and oxygen atoms in total. The second-order valence-corrected chi connectivity index (χ2v) is 9.38. The molecule has 0 bridgehead atoms. The number of methoxy groups -OCH3 is 1. The molecule has 4 rings (SSSR count). The Morgan fingerprint density at radius 2 is 2.00 bits per heavy atom. The van der Waals surface area contributed by atoms with Crippen molar-refractivity contribution >= 4 is 34.4 Å². The molecule has 0 aliphatic carbocycles. The first-order valence-corrected chi connectivity index (χ1v) is 11.3. The Bertz CT molecular complexity index is 1110. The van der Waals surface area contributed by atoms with Crippen LogP contribution in [0.5, 0.6) is 0 Å². The van der Waals surface area contributed by atoms with E-state index in [-0.39, 0.29) is 24.1 Å². The van der Waals surface area contributed by atoms with E-state index in [1.165, 1.54) is 12.0 Å². The van der Waals surface area contributed by atoms with Gasteiger partial charge in [-0.3, -0.25) is 4.79 Å². The van der Waals surface area contributed by atoms with E-state index in [4.69, 9.17) is 9.72 Å². The molecular formula is C22H27N5O3S. The standard InChI is InChI=1S/C22H27N5O3S/c1-13(2)27-20-17(12-23-27)16(11-18(25-20)19-6-5-14(3)31-19)21(28)24-15-7-9-26(10-8-15)22(29)30-4/h5-6,11-13,15H,7-10H2,1-4H3,(H,24,28). The zero-order valence-electron chi connectivity index (χ0n) is 18.2. The molecule has 0 atom stereocenters. The van der Waals surface area contributed by atoms with E-state index in [2.05, 4.69) is 23.4 Å². The zero-order chi connectivity index (χ0) is 22.1. The van der Waals surface area contributed by atoms with Gasteiger partial charge in [0.05, 0.1) is 34.8 Å². The van der Waals surface area contributed by atoms with Crippen LogP contribution in [0.4, 0.5) is 4.79 Å². The highest BCUT2D eigenvalue weighted by Gasteiger charge is 2.26. The van der Waals surface area contributed by atoms with E-state index in [9.17, 15) is 9.59 Å². The molecule has 1 N–H and O–H groups in total. The molecule has 9 heteroatoms. The predicted octanol–water partition coefficient (Wildman–Crippen LogP) is 4.01. The van der Waals surface area contributed by atoms with Crippen molar-refractivity contribution in [2.75, 3.05) is 20.2 Å². The summed E-state index contributed by atoms with van der Waals surface area (Å²) in [6.07, 6.45) is 2.78. The average Bonchev–Trinajstić information content (AvgIpc) is 3.39. The van der Waals surface area contributed by atoms with Crippen LogP contribution in [0, 0.1) is 6.92 Å². The normalized spacial score (nSPS) is 14.9. The van der Waals surface area contributed by atoms with Crippen molar-refractivity contribution < 1.29 is 14.3 Å². The summed E-state index contributed by atoms with van der Waals surface area (Å²) in [4.78, 5) is 33.7. The van der Waals surface area contributed by atoms with Crippen LogP contribution in [0.25, 0.3) is 21.6 Å². The smallest absolute Gasteiger partial charge is 0.409 e. The first kappa shape index (κ1) is 21.3. The van der Waals surface area contributed by atoms with Crippen LogP contribution in [0.3, 0.4) is 0 Å². The van der Waals surface area contributed by atoms with E-state index in [1.807, 2.05) is 30.7 Å². The predicted molar refractivity (Wildman–Crippen MR) is 120 cm³/mol.